The number of aromatic carboxylic acids is 1. The molecule has 0 unspecified atom stereocenters. The molecule has 0 amide bonds. The molecule has 0 saturated heterocycles. The van der Waals surface area contributed by atoms with E-state index >= 15 is 0 Å². The first-order valence-corrected chi connectivity index (χ1v) is 6.52. The lowest BCUT2D eigenvalue weighted by Crippen LogP contribution is -2.42. The topological polar surface area (TPSA) is 126 Å². The minimum absolute atomic E-state index is 0.0901. The summed E-state index contributed by atoms with van der Waals surface area (Å²) in [6.45, 7) is -2.06. The molecule has 0 aliphatic carbocycles. The predicted molar refractivity (Wildman–Crippen MR) is 58.0 cm³/mol. The van der Waals surface area contributed by atoms with Crippen molar-refractivity contribution in [2.45, 2.75) is 12.7 Å². The van der Waals surface area contributed by atoms with E-state index in [1.54, 1.807) is 0 Å². The van der Waals surface area contributed by atoms with E-state index in [1.807, 2.05) is 4.72 Å². The van der Waals surface area contributed by atoms with Crippen molar-refractivity contribution < 1.29 is 31.5 Å². The van der Waals surface area contributed by atoms with Gasteiger partial charge in [0.15, 0.2) is 5.69 Å². The van der Waals surface area contributed by atoms with Gasteiger partial charge in [-0.15, -0.1) is 5.10 Å². The van der Waals surface area contributed by atoms with E-state index in [4.69, 9.17) is 5.11 Å². The maximum absolute atomic E-state index is 11.8. The van der Waals surface area contributed by atoms with Gasteiger partial charge in [0.1, 0.15) is 6.54 Å². The fraction of sp³-hybridized carbons (Fsp3) is 0.571. The Balaban J connectivity index is 2.41. The highest BCUT2D eigenvalue weighted by atomic mass is 32.2. The van der Waals surface area contributed by atoms with E-state index in [1.165, 1.54) is 4.72 Å². The van der Waals surface area contributed by atoms with Crippen LogP contribution in [0.2, 0.25) is 0 Å². The molecular weight excluding hydrogens is 307 g/mol. The number of carboxylic acid groups (broad SMARTS) is 1. The molecule has 0 aromatic carbocycles. The van der Waals surface area contributed by atoms with Crippen molar-refractivity contribution in [3.05, 3.63) is 11.9 Å². The second-order valence-corrected chi connectivity index (χ2v) is 5.09. The van der Waals surface area contributed by atoms with Crippen LogP contribution in [0.1, 0.15) is 10.5 Å². The molecule has 1 heterocycles. The fourth-order valence-corrected chi connectivity index (χ4v) is 1.84. The third-order valence-electron chi connectivity index (χ3n) is 1.85. The van der Waals surface area contributed by atoms with E-state index in [9.17, 15) is 26.4 Å². The molecule has 0 saturated carbocycles. The summed E-state index contributed by atoms with van der Waals surface area (Å²) in [6, 6.07) is 0. The number of rotatable bonds is 7. The number of carboxylic acids is 1. The molecule has 13 heteroatoms. The SMILES string of the molecule is O=C(O)c1cn(CCNS(=O)(=O)NCC(F)(F)F)nn1. The van der Waals surface area contributed by atoms with Gasteiger partial charge in [-0.25, -0.2) is 9.52 Å². The van der Waals surface area contributed by atoms with Crippen molar-refractivity contribution in [3.63, 3.8) is 0 Å². The molecule has 0 bridgehead atoms. The predicted octanol–water partition coefficient (Wildman–Crippen LogP) is -1.04. The lowest BCUT2D eigenvalue weighted by atomic mass is 10.5. The van der Waals surface area contributed by atoms with Crippen molar-refractivity contribution >= 4 is 16.2 Å². The average Bonchev–Trinajstić information content (AvgIpc) is 2.74. The van der Waals surface area contributed by atoms with Crippen LogP contribution in [0.3, 0.4) is 0 Å². The van der Waals surface area contributed by atoms with Gasteiger partial charge in [-0.1, -0.05) is 5.21 Å². The maximum atomic E-state index is 11.8. The van der Waals surface area contributed by atoms with Crippen molar-refractivity contribution in [2.24, 2.45) is 0 Å². The van der Waals surface area contributed by atoms with Crippen LogP contribution in [0.5, 0.6) is 0 Å². The molecule has 3 N–H and O–H groups in total. The Labute approximate surface area is 110 Å². The summed E-state index contributed by atoms with van der Waals surface area (Å²) >= 11 is 0. The second kappa shape index (κ2) is 6.15. The zero-order chi connectivity index (χ0) is 15.4. The number of nitrogens with one attached hydrogen (secondary N) is 2. The van der Waals surface area contributed by atoms with Crippen LogP contribution in [0, 0.1) is 0 Å². The quantitative estimate of drug-likeness (QED) is 0.590. The summed E-state index contributed by atoms with van der Waals surface area (Å²) in [5.41, 5.74) is -0.331. The van der Waals surface area contributed by atoms with Crippen LogP contribution >= 0.6 is 0 Å². The van der Waals surface area contributed by atoms with Crippen LogP contribution in [0.15, 0.2) is 6.20 Å². The third-order valence-corrected chi connectivity index (χ3v) is 2.96. The minimum Gasteiger partial charge on any atom is -0.476 e. The van der Waals surface area contributed by atoms with Crippen LogP contribution in [0.25, 0.3) is 0 Å². The van der Waals surface area contributed by atoms with Crippen molar-refractivity contribution in [3.8, 4) is 0 Å². The fourth-order valence-electron chi connectivity index (χ4n) is 1.03. The number of carbonyl (C=O) groups is 1. The molecule has 20 heavy (non-hydrogen) atoms. The Kier molecular flexibility index (Phi) is 5.02. The summed E-state index contributed by atoms with van der Waals surface area (Å²) in [7, 11) is -4.29. The molecular formula is C7H10F3N5O4S. The smallest absolute Gasteiger partial charge is 0.402 e. The van der Waals surface area contributed by atoms with Crippen molar-refractivity contribution in [1.82, 2.24) is 24.4 Å². The Morgan fingerprint density at radius 1 is 1.40 bits per heavy atom. The van der Waals surface area contributed by atoms with Crippen LogP contribution < -0.4 is 9.44 Å². The summed E-state index contributed by atoms with van der Waals surface area (Å²) in [5, 5.41) is 15.2. The molecule has 0 fully saturated rings. The van der Waals surface area contributed by atoms with Crippen LogP contribution in [-0.2, 0) is 16.8 Å². The third kappa shape index (κ3) is 5.94. The highest BCUT2D eigenvalue weighted by Crippen LogP contribution is 2.12. The molecule has 1 aromatic rings. The second-order valence-electron chi connectivity index (χ2n) is 3.51. The van der Waals surface area contributed by atoms with Crippen LogP contribution in [-0.4, -0.2) is 53.8 Å². The summed E-state index contributed by atoms with van der Waals surface area (Å²) < 4.78 is 61.9. The van der Waals surface area contributed by atoms with Gasteiger partial charge in [-0.3, -0.25) is 4.68 Å². The monoisotopic (exact) mass is 317 g/mol. The van der Waals surface area contributed by atoms with E-state index in [2.05, 4.69) is 10.3 Å². The minimum atomic E-state index is -4.66. The van der Waals surface area contributed by atoms with E-state index in [0.717, 1.165) is 10.9 Å². The number of halogens is 3. The van der Waals surface area contributed by atoms with Gasteiger partial charge < -0.3 is 5.11 Å². The molecule has 9 nitrogen and oxygen atoms in total. The summed E-state index contributed by atoms with van der Waals surface area (Å²) in [6.07, 6.45) is -3.60. The van der Waals surface area contributed by atoms with Gasteiger partial charge in [0.05, 0.1) is 12.7 Å². The first-order valence-electron chi connectivity index (χ1n) is 5.03. The molecule has 0 atom stereocenters. The molecule has 0 aliphatic rings. The number of alkyl halides is 3. The van der Waals surface area contributed by atoms with Gasteiger partial charge in [0, 0.05) is 6.54 Å². The summed E-state index contributed by atoms with van der Waals surface area (Å²) in [4.78, 5) is 10.5. The largest absolute Gasteiger partial charge is 0.476 e. The Morgan fingerprint density at radius 3 is 2.55 bits per heavy atom. The van der Waals surface area contributed by atoms with Gasteiger partial charge in [-0.05, 0) is 0 Å². The first-order chi connectivity index (χ1) is 9.09. The lowest BCUT2D eigenvalue weighted by molar-refractivity contribution is -0.121. The zero-order valence-corrected chi connectivity index (χ0v) is 10.6. The number of hydrogen-bond acceptors (Lipinski definition) is 5. The number of nitrogens with zero attached hydrogens (tertiary/aromatic N) is 3. The molecule has 0 aliphatic heterocycles. The number of hydrogen-bond donors (Lipinski definition) is 3. The zero-order valence-electron chi connectivity index (χ0n) is 9.75. The molecule has 114 valence electrons. The highest BCUT2D eigenvalue weighted by Gasteiger charge is 2.29. The first kappa shape index (κ1) is 16.3. The molecule has 0 radical (unpaired) electrons. The van der Waals surface area contributed by atoms with E-state index in [0.29, 0.717) is 0 Å². The average molecular weight is 317 g/mol. The van der Waals surface area contributed by atoms with Gasteiger partial charge >= 0.3 is 12.1 Å². The highest BCUT2D eigenvalue weighted by molar-refractivity contribution is 7.87. The van der Waals surface area contributed by atoms with Gasteiger partial charge in [0.2, 0.25) is 0 Å². The molecule has 1 rings (SSSR count). The summed E-state index contributed by atoms with van der Waals surface area (Å²) in [5.74, 6) is -1.30. The Morgan fingerprint density at radius 2 is 2.05 bits per heavy atom. The molecule has 0 spiro atoms. The number of aromatic nitrogens is 3. The van der Waals surface area contributed by atoms with Crippen molar-refractivity contribution in [2.75, 3.05) is 13.1 Å². The van der Waals surface area contributed by atoms with E-state index < -0.39 is 28.9 Å². The van der Waals surface area contributed by atoms with E-state index in [-0.39, 0.29) is 18.8 Å². The normalized spacial score (nSPS) is 12.6. The molecule has 1 aromatic heterocycles. The standard InChI is InChI=1S/C7H10F3N5O4S/c8-7(9,10)4-12-20(18,19)11-1-2-15-3-5(6(16)17)13-14-15/h3,11-12H,1-2,4H2,(H,16,17). The van der Waals surface area contributed by atoms with Crippen LogP contribution in [0.4, 0.5) is 13.2 Å². The van der Waals surface area contributed by atoms with Gasteiger partial charge in [0.25, 0.3) is 10.2 Å². The van der Waals surface area contributed by atoms with Crippen molar-refractivity contribution in [1.29, 1.82) is 0 Å². The van der Waals surface area contributed by atoms with Gasteiger partial charge in [-0.2, -0.15) is 26.3 Å². The Hall–Kier alpha value is -1.73. The maximum Gasteiger partial charge on any atom is 0.402 e. The Bertz CT molecular complexity index is 569. The lowest BCUT2D eigenvalue weighted by Gasteiger charge is -2.09.